The van der Waals surface area contributed by atoms with Gasteiger partial charge in [0.05, 0.1) is 5.75 Å². The molecule has 0 aliphatic carbocycles. The molecule has 0 saturated heterocycles. The lowest BCUT2D eigenvalue weighted by Gasteiger charge is -2.10. The van der Waals surface area contributed by atoms with Gasteiger partial charge >= 0.3 is 0 Å². The van der Waals surface area contributed by atoms with Crippen molar-refractivity contribution in [2.45, 2.75) is 17.9 Å². The topological polar surface area (TPSA) is 41.1 Å². The van der Waals surface area contributed by atoms with Crippen molar-refractivity contribution >= 4 is 17.7 Å². The van der Waals surface area contributed by atoms with Gasteiger partial charge < -0.3 is 10.6 Å². The van der Waals surface area contributed by atoms with E-state index in [9.17, 15) is 4.79 Å². The van der Waals surface area contributed by atoms with Crippen LogP contribution in [-0.4, -0.2) is 25.3 Å². The quantitative estimate of drug-likeness (QED) is 0.587. The summed E-state index contributed by atoms with van der Waals surface area (Å²) in [7, 11) is 1.94. The van der Waals surface area contributed by atoms with Crippen molar-refractivity contribution in [1.82, 2.24) is 10.6 Å². The van der Waals surface area contributed by atoms with Crippen molar-refractivity contribution in [3.8, 4) is 0 Å². The smallest absolute Gasteiger partial charge is 0.230 e. The van der Waals surface area contributed by atoms with E-state index in [1.165, 1.54) is 5.56 Å². The first-order valence-corrected chi connectivity index (χ1v) is 6.93. The molecule has 2 N–H and O–H groups in total. The van der Waals surface area contributed by atoms with Gasteiger partial charge in [-0.3, -0.25) is 4.79 Å². The highest BCUT2D eigenvalue weighted by Crippen LogP contribution is 2.20. The number of hydrogen-bond acceptors (Lipinski definition) is 3. The van der Waals surface area contributed by atoms with Crippen molar-refractivity contribution in [2.24, 2.45) is 0 Å². The Bertz CT molecular complexity index is 389. The maximum absolute atomic E-state index is 11.4. The average molecular weight is 264 g/mol. The molecular formula is C14H20N2OS. The predicted molar refractivity (Wildman–Crippen MR) is 77.8 cm³/mol. The lowest BCUT2D eigenvalue weighted by molar-refractivity contribution is -0.118. The average Bonchev–Trinajstić information content (AvgIpc) is 2.42. The van der Waals surface area contributed by atoms with Crippen LogP contribution >= 0.6 is 11.8 Å². The summed E-state index contributed by atoms with van der Waals surface area (Å²) in [5.74, 6) is 0.474. The molecule has 1 amide bonds. The molecule has 18 heavy (non-hydrogen) atoms. The van der Waals surface area contributed by atoms with E-state index >= 15 is 0 Å². The van der Waals surface area contributed by atoms with Gasteiger partial charge in [0.25, 0.3) is 0 Å². The molecule has 0 heterocycles. The van der Waals surface area contributed by atoms with E-state index in [0.29, 0.717) is 18.3 Å². The number of carbonyl (C=O) groups excluding carboxylic acids is 1. The minimum Gasteiger partial charge on any atom is -0.352 e. The first kappa shape index (κ1) is 14.8. The highest BCUT2D eigenvalue weighted by atomic mass is 32.2. The van der Waals surface area contributed by atoms with Gasteiger partial charge in [0, 0.05) is 17.5 Å². The number of amides is 1. The van der Waals surface area contributed by atoms with Gasteiger partial charge in [0.1, 0.15) is 0 Å². The number of benzene rings is 1. The van der Waals surface area contributed by atoms with E-state index in [-0.39, 0.29) is 5.91 Å². The third-order valence-electron chi connectivity index (χ3n) is 2.63. The summed E-state index contributed by atoms with van der Waals surface area (Å²) < 4.78 is 0. The fraction of sp³-hybridized carbons (Fsp3) is 0.357. The van der Waals surface area contributed by atoms with E-state index in [1.807, 2.05) is 7.05 Å². The third kappa shape index (κ3) is 4.94. The lowest BCUT2D eigenvalue weighted by Crippen LogP contribution is -2.24. The fourth-order valence-electron chi connectivity index (χ4n) is 1.41. The molecule has 1 rings (SSSR count). The Balaban J connectivity index is 2.44. The normalized spacial score (nSPS) is 11.9. The molecule has 0 bridgehead atoms. The molecule has 0 spiro atoms. The second-order valence-corrected chi connectivity index (χ2v) is 5.01. The first-order chi connectivity index (χ1) is 8.67. The summed E-state index contributed by atoms with van der Waals surface area (Å²) in [4.78, 5) is 12.5. The molecule has 98 valence electrons. The maximum Gasteiger partial charge on any atom is 0.230 e. The van der Waals surface area contributed by atoms with Crippen molar-refractivity contribution in [1.29, 1.82) is 0 Å². The summed E-state index contributed by atoms with van der Waals surface area (Å²) >= 11 is 1.54. The molecule has 0 aliphatic heterocycles. The van der Waals surface area contributed by atoms with Crippen LogP contribution in [0.3, 0.4) is 0 Å². The highest BCUT2D eigenvalue weighted by molar-refractivity contribution is 8.00. The van der Waals surface area contributed by atoms with Crippen molar-refractivity contribution in [3.63, 3.8) is 0 Å². The van der Waals surface area contributed by atoms with Crippen molar-refractivity contribution in [3.05, 3.63) is 42.5 Å². The zero-order chi connectivity index (χ0) is 13.4. The van der Waals surface area contributed by atoms with E-state index in [4.69, 9.17) is 0 Å². The molecule has 1 unspecified atom stereocenters. The van der Waals surface area contributed by atoms with Gasteiger partial charge in [0.2, 0.25) is 5.91 Å². The Morgan fingerprint density at radius 3 is 2.67 bits per heavy atom. The van der Waals surface area contributed by atoms with Gasteiger partial charge in [0.15, 0.2) is 0 Å². The Labute approximate surface area is 113 Å². The first-order valence-electron chi connectivity index (χ1n) is 5.95. The number of hydrogen-bond donors (Lipinski definition) is 2. The highest BCUT2D eigenvalue weighted by Gasteiger charge is 2.04. The molecule has 0 radical (unpaired) electrons. The zero-order valence-electron chi connectivity index (χ0n) is 10.9. The molecule has 3 nitrogen and oxygen atoms in total. The lowest BCUT2D eigenvalue weighted by atomic mass is 10.1. The van der Waals surface area contributed by atoms with Gasteiger partial charge in [-0.05, 0) is 31.7 Å². The number of carbonyl (C=O) groups is 1. The largest absolute Gasteiger partial charge is 0.352 e. The number of nitrogens with one attached hydrogen (secondary N) is 2. The van der Waals surface area contributed by atoms with Crippen LogP contribution in [0.2, 0.25) is 0 Å². The second-order valence-electron chi connectivity index (χ2n) is 3.96. The molecule has 4 heteroatoms. The second kappa shape index (κ2) is 7.95. The standard InChI is InChI=1S/C14H20N2OS/c1-4-9-16-14(17)10-18-13-7-5-12(6-8-13)11(2)15-3/h4-8,11,15H,1,9-10H2,2-3H3,(H,16,17). The number of thioether (sulfide) groups is 1. The molecular weight excluding hydrogens is 244 g/mol. The molecule has 1 atom stereocenters. The van der Waals surface area contributed by atoms with Crippen molar-refractivity contribution < 1.29 is 4.79 Å². The Hall–Kier alpha value is -1.26. The molecule has 0 fully saturated rings. The summed E-state index contributed by atoms with van der Waals surface area (Å²) in [5, 5.41) is 5.95. The molecule has 1 aromatic carbocycles. The van der Waals surface area contributed by atoms with E-state index in [2.05, 4.69) is 48.4 Å². The summed E-state index contributed by atoms with van der Waals surface area (Å²) in [6, 6.07) is 8.62. The monoisotopic (exact) mass is 264 g/mol. The molecule has 0 aromatic heterocycles. The van der Waals surface area contributed by atoms with Crippen LogP contribution in [0.15, 0.2) is 41.8 Å². The van der Waals surface area contributed by atoms with Gasteiger partial charge in [-0.25, -0.2) is 0 Å². The summed E-state index contributed by atoms with van der Waals surface area (Å²) in [6.07, 6.45) is 1.68. The van der Waals surface area contributed by atoms with Crippen LogP contribution in [0.4, 0.5) is 0 Å². The van der Waals surface area contributed by atoms with Crippen molar-refractivity contribution in [2.75, 3.05) is 19.3 Å². The van der Waals surface area contributed by atoms with E-state index < -0.39 is 0 Å². The van der Waals surface area contributed by atoms with Crippen LogP contribution in [-0.2, 0) is 4.79 Å². The number of rotatable bonds is 7. The fourth-order valence-corrected chi connectivity index (χ4v) is 2.13. The Morgan fingerprint density at radius 1 is 1.44 bits per heavy atom. The van der Waals surface area contributed by atoms with Crippen LogP contribution in [0.5, 0.6) is 0 Å². The van der Waals surface area contributed by atoms with Crippen LogP contribution in [0.1, 0.15) is 18.5 Å². The summed E-state index contributed by atoms with van der Waals surface area (Å²) in [5.41, 5.74) is 1.25. The predicted octanol–water partition coefficient (Wildman–Crippen LogP) is 2.36. The Morgan fingerprint density at radius 2 is 2.11 bits per heavy atom. The van der Waals surface area contributed by atoms with Gasteiger partial charge in [-0.2, -0.15) is 0 Å². The SMILES string of the molecule is C=CCNC(=O)CSc1ccc(C(C)NC)cc1. The Kier molecular flexibility index (Phi) is 6.54. The van der Waals surface area contributed by atoms with Crippen LogP contribution in [0, 0.1) is 0 Å². The van der Waals surface area contributed by atoms with E-state index in [0.717, 1.165) is 4.90 Å². The van der Waals surface area contributed by atoms with Gasteiger partial charge in [-0.15, -0.1) is 18.3 Å². The minimum atomic E-state index is 0.0348. The van der Waals surface area contributed by atoms with Gasteiger partial charge in [-0.1, -0.05) is 18.2 Å². The zero-order valence-corrected chi connectivity index (χ0v) is 11.7. The molecule has 0 aliphatic rings. The van der Waals surface area contributed by atoms with Crippen LogP contribution < -0.4 is 10.6 Å². The van der Waals surface area contributed by atoms with Crippen LogP contribution in [0.25, 0.3) is 0 Å². The summed E-state index contributed by atoms with van der Waals surface area (Å²) in [6.45, 7) is 6.20. The third-order valence-corrected chi connectivity index (χ3v) is 3.64. The molecule has 1 aromatic rings. The molecule has 0 saturated carbocycles. The van der Waals surface area contributed by atoms with E-state index in [1.54, 1.807) is 17.8 Å². The maximum atomic E-state index is 11.4. The minimum absolute atomic E-state index is 0.0348.